The van der Waals surface area contributed by atoms with Gasteiger partial charge in [0.15, 0.2) is 0 Å². The summed E-state index contributed by atoms with van der Waals surface area (Å²) in [6.45, 7) is 9.06. The molecule has 0 saturated carbocycles. The van der Waals surface area contributed by atoms with Gasteiger partial charge in [-0.05, 0) is 19.8 Å². The number of aryl methyl sites for hydroxylation is 1. The number of piperazine rings is 1. The number of rotatable bonds is 3. The number of thiazole rings is 1. The normalized spacial score (nSPS) is 21.6. The summed E-state index contributed by atoms with van der Waals surface area (Å²) >= 11 is 1.49. The van der Waals surface area contributed by atoms with E-state index < -0.39 is 0 Å². The summed E-state index contributed by atoms with van der Waals surface area (Å²) in [4.78, 5) is 34.0. The highest BCUT2D eigenvalue weighted by Gasteiger charge is 2.32. The summed E-state index contributed by atoms with van der Waals surface area (Å²) in [7, 11) is 0. The van der Waals surface area contributed by atoms with E-state index in [2.05, 4.69) is 18.8 Å². The van der Waals surface area contributed by atoms with Gasteiger partial charge in [0.2, 0.25) is 0 Å². The van der Waals surface area contributed by atoms with Crippen LogP contribution in [-0.4, -0.2) is 65.5 Å². The van der Waals surface area contributed by atoms with Gasteiger partial charge in [0.25, 0.3) is 11.8 Å². The van der Waals surface area contributed by atoms with Crippen molar-refractivity contribution in [2.75, 3.05) is 32.8 Å². The highest BCUT2D eigenvalue weighted by molar-refractivity contribution is 7.13. The van der Waals surface area contributed by atoms with Crippen molar-refractivity contribution in [3.05, 3.63) is 15.6 Å². The lowest BCUT2D eigenvalue weighted by Crippen LogP contribution is -2.52. The highest BCUT2D eigenvalue weighted by Crippen LogP contribution is 2.26. The first kappa shape index (κ1) is 17.4. The van der Waals surface area contributed by atoms with Crippen LogP contribution in [-0.2, 0) is 9.53 Å². The minimum atomic E-state index is -0.274. The third-order valence-electron chi connectivity index (χ3n) is 4.58. The van der Waals surface area contributed by atoms with Gasteiger partial charge in [0.05, 0.1) is 10.7 Å². The molecule has 2 aliphatic heterocycles. The van der Waals surface area contributed by atoms with E-state index in [9.17, 15) is 9.59 Å². The summed E-state index contributed by atoms with van der Waals surface area (Å²) in [5.41, 5.74) is 0.812. The molecule has 2 fully saturated rings. The van der Waals surface area contributed by atoms with E-state index in [4.69, 9.17) is 4.74 Å². The molecule has 0 unspecified atom stereocenters. The second-order valence-electron chi connectivity index (χ2n) is 6.74. The van der Waals surface area contributed by atoms with Gasteiger partial charge in [-0.15, -0.1) is 11.3 Å². The van der Waals surface area contributed by atoms with Gasteiger partial charge in [-0.25, -0.2) is 4.98 Å². The zero-order valence-electron chi connectivity index (χ0n) is 14.6. The average Bonchev–Trinajstić information content (AvgIpc) is 3.23. The van der Waals surface area contributed by atoms with Crippen LogP contribution >= 0.6 is 11.3 Å². The van der Waals surface area contributed by atoms with Crippen LogP contribution in [0.3, 0.4) is 0 Å². The zero-order chi connectivity index (χ0) is 17.3. The molecule has 2 aliphatic rings. The predicted octanol–water partition coefficient (Wildman–Crippen LogP) is 2.04. The van der Waals surface area contributed by atoms with Gasteiger partial charge in [-0.1, -0.05) is 13.8 Å². The number of carbonyl (C=O) groups excluding carboxylic acids is 2. The zero-order valence-corrected chi connectivity index (χ0v) is 15.4. The monoisotopic (exact) mass is 351 g/mol. The van der Waals surface area contributed by atoms with Gasteiger partial charge in [-0.2, -0.15) is 0 Å². The summed E-state index contributed by atoms with van der Waals surface area (Å²) in [5, 5.41) is 1.00. The van der Waals surface area contributed by atoms with Gasteiger partial charge in [-0.3, -0.25) is 9.59 Å². The van der Waals surface area contributed by atoms with E-state index in [0.717, 1.165) is 28.4 Å². The molecule has 0 spiro atoms. The lowest BCUT2D eigenvalue weighted by molar-refractivity contribution is -0.142. The fourth-order valence-electron chi connectivity index (χ4n) is 3.11. The third-order valence-corrected chi connectivity index (χ3v) is 6.03. The fraction of sp³-hybridized carbons (Fsp3) is 0.706. The van der Waals surface area contributed by atoms with E-state index in [1.807, 2.05) is 16.7 Å². The number of nitrogens with zero attached hydrogens (tertiary/aromatic N) is 3. The molecule has 6 nitrogen and oxygen atoms in total. The van der Waals surface area contributed by atoms with Crippen LogP contribution in [0.2, 0.25) is 0 Å². The van der Waals surface area contributed by atoms with Crippen molar-refractivity contribution in [2.24, 2.45) is 0 Å². The second-order valence-corrected chi connectivity index (χ2v) is 7.77. The van der Waals surface area contributed by atoms with E-state index in [0.29, 0.717) is 38.7 Å². The predicted molar refractivity (Wildman–Crippen MR) is 92.4 cm³/mol. The van der Waals surface area contributed by atoms with Crippen LogP contribution in [0, 0.1) is 6.92 Å². The van der Waals surface area contributed by atoms with Crippen molar-refractivity contribution in [3.8, 4) is 0 Å². The maximum atomic E-state index is 12.8. The van der Waals surface area contributed by atoms with Crippen LogP contribution in [0.1, 0.15) is 53.0 Å². The third kappa shape index (κ3) is 3.47. The van der Waals surface area contributed by atoms with Crippen LogP contribution in [0.15, 0.2) is 0 Å². The van der Waals surface area contributed by atoms with Crippen molar-refractivity contribution in [1.82, 2.24) is 14.8 Å². The smallest absolute Gasteiger partial charge is 0.265 e. The SMILES string of the molecule is Cc1nc(C(C)C)sc1C(=O)N1CCN(C(=O)[C@H]2CCCO2)CC1. The first-order valence-corrected chi connectivity index (χ1v) is 9.46. The molecule has 0 bridgehead atoms. The standard InChI is InChI=1S/C17H25N3O3S/c1-11(2)15-18-12(3)14(24-15)17(22)20-8-6-19(7-9-20)16(21)13-5-4-10-23-13/h11,13H,4-10H2,1-3H3/t13-/m1/s1. The number of aromatic nitrogens is 1. The Kier molecular flexibility index (Phi) is 5.20. The van der Waals surface area contributed by atoms with Gasteiger partial charge in [0.1, 0.15) is 11.0 Å². The lowest BCUT2D eigenvalue weighted by atomic mass is 10.2. The Balaban J connectivity index is 1.60. The van der Waals surface area contributed by atoms with Crippen molar-refractivity contribution in [2.45, 2.75) is 45.6 Å². The van der Waals surface area contributed by atoms with Gasteiger partial charge < -0.3 is 14.5 Å². The molecule has 1 aromatic rings. The molecule has 2 amide bonds. The molecule has 0 aliphatic carbocycles. The first-order valence-electron chi connectivity index (χ1n) is 8.64. The van der Waals surface area contributed by atoms with Crippen molar-refractivity contribution < 1.29 is 14.3 Å². The van der Waals surface area contributed by atoms with E-state index in [1.165, 1.54) is 11.3 Å². The fourth-order valence-corrected chi connectivity index (χ4v) is 4.15. The summed E-state index contributed by atoms with van der Waals surface area (Å²) in [6.07, 6.45) is 1.50. The number of hydrogen-bond acceptors (Lipinski definition) is 5. The Morgan fingerprint density at radius 3 is 2.42 bits per heavy atom. The van der Waals surface area contributed by atoms with Crippen LogP contribution < -0.4 is 0 Å². The molecule has 3 heterocycles. The minimum absolute atomic E-state index is 0.0427. The molecule has 0 aromatic carbocycles. The second kappa shape index (κ2) is 7.19. The molecular formula is C17H25N3O3S. The van der Waals surface area contributed by atoms with E-state index in [1.54, 1.807) is 0 Å². The molecule has 2 saturated heterocycles. The van der Waals surface area contributed by atoms with Crippen molar-refractivity contribution >= 4 is 23.2 Å². The topological polar surface area (TPSA) is 62.7 Å². The van der Waals surface area contributed by atoms with Gasteiger partial charge in [0, 0.05) is 38.7 Å². The van der Waals surface area contributed by atoms with Crippen LogP contribution in [0.5, 0.6) is 0 Å². The highest BCUT2D eigenvalue weighted by atomic mass is 32.1. The Labute approximate surface area is 146 Å². The quantitative estimate of drug-likeness (QED) is 0.836. The summed E-state index contributed by atoms with van der Waals surface area (Å²) in [5.74, 6) is 0.452. The Hall–Kier alpha value is -1.47. The van der Waals surface area contributed by atoms with Crippen LogP contribution in [0.4, 0.5) is 0 Å². The molecule has 24 heavy (non-hydrogen) atoms. The summed E-state index contributed by atoms with van der Waals surface area (Å²) in [6, 6.07) is 0. The summed E-state index contributed by atoms with van der Waals surface area (Å²) < 4.78 is 5.47. The molecule has 0 N–H and O–H groups in total. The Morgan fingerprint density at radius 2 is 1.88 bits per heavy atom. The largest absolute Gasteiger partial charge is 0.368 e. The number of amides is 2. The molecular weight excluding hydrogens is 326 g/mol. The lowest BCUT2D eigenvalue weighted by Gasteiger charge is -2.35. The van der Waals surface area contributed by atoms with Crippen LogP contribution in [0.25, 0.3) is 0 Å². The first-order chi connectivity index (χ1) is 11.5. The molecule has 1 atom stereocenters. The molecule has 1 aromatic heterocycles. The van der Waals surface area contributed by atoms with Gasteiger partial charge >= 0.3 is 0 Å². The maximum absolute atomic E-state index is 12.8. The van der Waals surface area contributed by atoms with Crippen molar-refractivity contribution in [3.63, 3.8) is 0 Å². The molecule has 3 rings (SSSR count). The maximum Gasteiger partial charge on any atom is 0.265 e. The Bertz CT molecular complexity index is 615. The number of ether oxygens (including phenoxy) is 1. The number of hydrogen-bond donors (Lipinski definition) is 0. The molecule has 132 valence electrons. The van der Waals surface area contributed by atoms with Crippen molar-refractivity contribution in [1.29, 1.82) is 0 Å². The molecule has 0 radical (unpaired) electrons. The van der Waals surface area contributed by atoms with E-state index >= 15 is 0 Å². The number of carbonyl (C=O) groups is 2. The molecule has 7 heteroatoms. The Morgan fingerprint density at radius 1 is 1.21 bits per heavy atom. The minimum Gasteiger partial charge on any atom is -0.368 e. The van der Waals surface area contributed by atoms with E-state index in [-0.39, 0.29) is 17.9 Å². The average molecular weight is 351 g/mol.